The number of hydrogen-bond donors (Lipinski definition) is 0. The predicted octanol–water partition coefficient (Wildman–Crippen LogP) is 3.54. The van der Waals surface area contributed by atoms with Crippen molar-refractivity contribution in [3.05, 3.63) is 28.0 Å². The fourth-order valence-corrected chi connectivity index (χ4v) is 3.45. The van der Waals surface area contributed by atoms with Gasteiger partial charge in [0.2, 0.25) is 10.0 Å². The summed E-state index contributed by atoms with van der Waals surface area (Å²) in [4.78, 5) is -0.275. The molecule has 3 nitrogen and oxygen atoms in total. The first-order valence-corrected chi connectivity index (χ1v) is 8.30. The van der Waals surface area contributed by atoms with E-state index in [4.69, 9.17) is 23.2 Å². The molecule has 102 valence electrons. The molecule has 0 saturated heterocycles. The molecule has 8 heteroatoms. The number of halogens is 4. The minimum Gasteiger partial charge on any atom is -0.207 e. The van der Waals surface area contributed by atoms with Crippen LogP contribution < -0.4 is 0 Å². The number of benzene rings is 1. The molecule has 18 heavy (non-hydrogen) atoms. The smallest absolute Gasteiger partial charge is 0.207 e. The molecular formula is C10H11BrCl2FNO2S. The van der Waals surface area contributed by atoms with Crippen LogP contribution in [-0.2, 0) is 10.0 Å². The van der Waals surface area contributed by atoms with Gasteiger partial charge < -0.3 is 0 Å². The van der Waals surface area contributed by atoms with Crippen molar-refractivity contribution in [1.82, 2.24) is 4.31 Å². The van der Waals surface area contributed by atoms with Crippen LogP contribution in [-0.4, -0.2) is 31.6 Å². The van der Waals surface area contributed by atoms with Crippen molar-refractivity contribution in [2.75, 3.05) is 18.9 Å². The normalized spacial score (nSPS) is 12.1. The highest BCUT2D eigenvalue weighted by molar-refractivity contribution is 9.09. The first kappa shape index (κ1) is 16.2. The topological polar surface area (TPSA) is 37.4 Å². The van der Waals surface area contributed by atoms with Gasteiger partial charge in [-0.15, -0.1) is 0 Å². The Labute approximate surface area is 124 Å². The summed E-state index contributed by atoms with van der Waals surface area (Å²) in [6, 6.07) is 2.38. The molecule has 0 radical (unpaired) electrons. The van der Waals surface area contributed by atoms with Gasteiger partial charge in [0.25, 0.3) is 0 Å². The van der Waals surface area contributed by atoms with E-state index in [2.05, 4.69) is 15.9 Å². The summed E-state index contributed by atoms with van der Waals surface area (Å²) in [5.41, 5.74) is 0. The van der Waals surface area contributed by atoms with Crippen LogP contribution >= 0.6 is 39.1 Å². The molecule has 1 aromatic carbocycles. The van der Waals surface area contributed by atoms with Gasteiger partial charge in [-0.3, -0.25) is 0 Å². The molecule has 1 rings (SSSR count). The summed E-state index contributed by atoms with van der Waals surface area (Å²) in [5, 5.41) is -0.00879. The van der Waals surface area contributed by atoms with Gasteiger partial charge in [-0.25, -0.2) is 17.1 Å². The third kappa shape index (κ3) is 3.36. The highest BCUT2D eigenvalue weighted by atomic mass is 79.9. The average Bonchev–Trinajstić information content (AvgIpc) is 2.32. The first-order valence-electron chi connectivity index (χ1n) is 4.98. The molecule has 0 aliphatic carbocycles. The Morgan fingerprint density at radius 2 is 2.00 bits per heavy atom. The SMILES string of the molecule is CN(CCCBr)S(=O)(=O)c1ccc(Cl)c(F)c1Cl. The monoisotopic (exact) mass is 377 g/mol. The third-order valence-corrected chi connectivity index (χ3v) is 5.53. The maximum absolute atomic E-state index is 13.5. The number of rotatable bonds is 5. The van der Waals surface area contributed by atoms with Gasteiger partial charge >= 0.3 is 0 Å². The van der Waals surface area contributed by atoms with Gasteiger partial charge in [0.15, 0.2) is 5.82 Å². The zero-order chi connectivity index (χ0) is 13.9. The molecule has 0 heterocycles. The fraction of sp³-hybridized carbons (Fsp3) is 0.400. The lowest BCUT2D eigenvalue weighted by molar-refractivity contribution is 0.469. The van der Waals surface area contributed by atoms with Crippen molar-refractivity contribution in [2.45, 2.75) is 11.3 Å². The molecule has 0 aliphatic rings. The second-order valence-corrected chi connectivity index (χ2v) is 7.13. The van der Waals surface area contributed by atoms with E-state index in [9.17, 15) is 12.8 Å². The van der Waals surface area contributed by atoms with Crippen molar-refractivity contribution in [1.29, 1.82) is 0 Å². The maximum atomic E-state index is 13.5. The van der Waals surface area contributed by atoms with E-state index < -0.39 is 20.9 Å². The molecule has 0 atom stereocenters. The lowest BCUT2D eigenvalue weighted by Gasteiger charge is -2.17. The summed E-state index contributed by atoms with van der Waals surface area (Å²) in [6.45, 7) is 0.314. The Kier molecular flexibility index (Phi) is 5.86. The second kappa shape index (κ2) is 6.52. The van der Waals surface area contributed by atoms with E-state index in [1.165, 1.54) is 19.2 Å². The zero-order valence-electron chi connectivity index (χ0n) is 9.46. The van der Waals surface area contributed by atoms with Gasteiger partial charge in [0.05, 0.1) is 10.0 Å². The Bertz CT molecular complexity index is 539. The van der Waals surface area contributed by atoms with Gasteiger partial charge in [-0.2, -0.15) is 0 Å². The van der Waals surface area contributed by atoms with Crippen LogP contribution in [0.15, 0.2) is 17.0 Å². The van der Waals surface area contributed by atoms with E-state index in [1.54, 1.807) is 0 Å². The van der Waals surface area contributed by atoms with E-state index in [1.807, 2.05) is 0 Å². The number of sulfonamides is 1. The van der Waals surface area contributed by atoms with Crippen LogP contribution in [0.3, 0.4) is 0 Å². The molecule has 0 bridgehead atoms. The number of hydrogen-bond acceptors (Lipinski definition) is 2. The van der Waals surface area contributed by atoms with Crippen molar-refractivity contribution in [3.8, 4) is 0 Å². The molecule has 0 amide bonds. The molecule has 0 saturated carbocycles. The van der Waals surface area contributed by atoms with E-state index in [0.29, 0.717) is 18.3 Å². The van der Waals surface area contributed by atoms with E-state index in [0.717, 1.165) is 4.31 Å². The molecule has 0 aliphatic heterocycles. The van der Waals surface area contributed by atoms with Gasteiger partial charge in [-0.05, 0) is 18.6 Å². The molecular weight excluding hydrogens is 368 g/mol. The van der Waals surface area contributed by atoms with Gasteiger partial charge in [0, 0.05) is 18.9 Å². The Hall–Kier alpha value is 0.120. The van der Waals surface area contributed by atoms with Crippen LogP contribution in [0.2, 0.25) is 10.0 Å². The maximum Gasteiger partial charge on any atom is 0.244 e. The second-order valence-electron chi connectivity index (χ2n) is 3.54. The third-order valence-electron chi connectivity index (χ3n) is 2.29. The Morgan fingerprint density at radius 1 is 1.39 bits per heavy atom. The van der Waals surface area contributed by atoms with Crippen molar-refractivity contribution in [3.63, 3.8) is 0 Å². The van der Waals surface area contributed by atoms with Gasteiger partial charge in [0.1, 0.15) is 4.90 Å². The summed E-state index contributed by atoms with van der Waals surface area (Å²) in [7, 11) is -2.38. The van der Waals surface area contributed by atoms with E-state index in [-0.39, 0.29) is 9.92 Å². The molecule has 0 fully saturated rings. The average molecular weight is 379 g/mol. The molecule has 0 N–H and O–H groups in total. The van der Waals surface area contributed by atoms with Crippen LogP contribution in [0.1, 0.15) is 6.42 Å². The van der Waals surface area contributed by atoms with Crippen LogP contribution in [0, 0.1) is 5.82 Å². The summed E-state index contributed by atoms with van der Waals surface area (Å²) in [5.74, 6) is -0.923. The number of alkyl halides is 1. The molecule has 0 spiro atoms. The molecule has 0 aromatic heterocycles. The van der Waals surface area contributed by atoms with Crippen LogP contribution in [0.25, 0.3) is 0 Å². The van der Waals surface area contributed by atoms with Crippen LogP contribution in [0.4, 0.5) is 4.39 Å². The largest absolute Gasteiger partial charge is 0.244 e. The highest BCUT2D eigenvalue weighted by Gasteiger charge is 2.25. The molecule has 1 aromatic rings. The lowest BCUT2D eigenvalue weighted by Crippen LogP contribution is -2.28. The quantitative estimate of drug-likeness (QED) is 0.580. The predicted molar refractivity (Wildman–Crippen MR) is 74.6 cm³/mol. The minimum absolute atomic E-state index is 0.206. The summed E-state index contributed by atoms with van der Waals surface area (Å²) >= 11 is 14.4. The fourth-order valence-electron chi connectivity index (χ4n) is 1.28. The summed E-state index contributed by atoms with van der Waals surface area (Å²) in [6.07, 6.45) is 0.642. The minimum atomic E-state index is -3.80. The zero-order valence-corrected chi connectivity index (χ0v) is 13.4. The van der Waals surface area contributed by atoms with Crippen molar-refractivity contribution in [2.24, 2.45) is 0 Å². The highest BCUT2D eigenvalue weighted by Crippen LogP contribution is 2.30. The number of nitrogens with zero attached hydrogens (tertiary/aromatic N) is 1. The Balaban J connectivity index is 3.17. The van der Waals surface area contributed by atoms with E-state index >= 15 is 0 Å². The molecule has 0 unspecified atom stereocenters. The van der Waals surface area contributed by atoms with Crippen molar-refractivity contribution < 1.29 is 12.8 Å². The summed E-state index contributed by atoms with van der Waals surface area (Å²) < 4.78 is 38.9. The lowest BCUT2D eigenvalue weighted by atomic mass is 10.3. The standard InChI is InChI=1S/C10H11BrCl2FNO2S/c1-15(6-2-5-11)18(16,17)8-4-3-7(12)10(14)9(8)13/h3-4H,2,5-6H2,1H3. The van der Waals surface area contributed by atoms with Gasteiger partial charge in [-0.1, -0.05) is 39.1 Å². The van der Waals surface area contributed by atoms with Crippen molar-refractivity contribution >= 4 is 49.2 Å². The van der Waals surface area contributed by atoms with Crippen LogP contribution in [0.5, 0.6) is 0 Å². The Morgan fingerprint density at radius 3 is 2.56 bits per heavy atom. The first-order chi connectivity index (χ1) is 8.32.